The molecule has 0 spiro atoms. The zero-order valence-corrected chi connectivity index (χ0v) is 12.3. The van der Waals surface area contributed by atoms with Gasteiger partial charge in [0.05, 0.1) is 6.61 Å². The zero-order valence-electron chi connectivity index (χ0n) is 11.5. The van der Waals surface area contributed by atoms with E-state index < -0.39 is 0 Å². The molecule has 98 valence electrons. The minimum Gasteiger partial charge on any atom is -0.380 e. The molecule has 0 radical (unpaired) electrons. The minimum atomic E-state index is 0.524. The molecule has 1 atom stereocenters. The third-order valence-electron chi connectivity index (χ3n) is 2.49. The van der Waals surface area contributed by atoms with Gasteiger partial charge in [0, 0.05) is 28.9 Å². The lowest BCUT2D eigenvalue weighted by Crippen LogP contribution is -2.31. The second kappa shape index (κ2) is 7.85. The first-order valence-corrected chi connectivity index (χ1v) is 7.26. The van der Waals surface area contributed by atoms with Crippen LogP contribution in [0.25, 0.3) is 0 Å². The van der Waals surface area contributed by atoms with Gasteiger partial charge in [0.25, 0.3) is 0 Å². The van der Waals surface area contributed by atoms with Gasteiger partial charge in [0.15, 0.2) is 0 Å². The highest BCUT2D eigenvalue weighted by atomic mass is 32.1. The van der Waals surface area contributed by atoms with Gasteiger partial charge in [-0.2, -0.15) is 0 Å². The van der Waals surface area contributed by atoms with Crippen molar-refractivity contribution in [2.75, 3.05) is 19.8 Å². The fourth-order valence-electron chi connectivity index (χ4n) is 1.67. The number of rotatable bonds is 8. The molecule has 1 rings (SSSR count). The smallest absolute Gasteiger partial charge is 0.0591 e. The summed E-state index contributed by atoms with van der Waals surface area (Å²) in [7, 11) is 0. The second-order valence-electron chi connectivity index (χ2n) is 5.04. The van der Waals surface area contributed by atoms with Crippen LogP contribution in [0.5, 0.6) is 0 Å². The number of ether oxygens (including phenoxy) is 1. The summed E-state index contributed by atoms with van der Waals surface area (Å²) < 4.78 is 5.54. The van der Waals surface area contributed by atoms with Crippen molar-refractivity contribution in [2.45, 2.75) is 40.2 Å². The normalized spacial score (nSPS) is 13.2. The van der Waals surface area contributed by atoms with E-state index in [4.69, 9.17) is 4.74 Å². The van der Waals surface area contributed by atoms with Crippen LogP contribution < -0.4 is 5.32 Å². The van der Waals surface area contributed by atoms with Crippen LogP contribution in [-0.2, 0) is 11.2 Å². The molecule has 1 unspecified atom stereocenters. The third kappa shape index (κ3) is 6.81. The van der Waals surface area contributed by atoms with Gasteiger partial charge in [0.2, 0.25) is 0 Å². The molecule has 3 heteroatoms. The first-order chi connectivity index (χ1) is 8.08. The number of hydrogen-bond donors (Lipinski definition) is 1. The fraction of sp³-hybridized carbons (Fsp3) is 0.714. The van der Waals surface area contributed by atoms with E-state index in [9.17, 15) is 0 Å². The Balaban J connectivity index is 2.07. The van der Waals surface area contributed by atoms with Crippen LogP contribution in [0.3, 0.4) is 0 Å². The molecule has 1 aromatic rings. The van der Waals surface area contributed by atoms with Crippen molar-refractivity contribution in [1.82, 2.24) is 5.32 Å². The molecule has 0 saturated carbocycles. The van der Waals surface area contributed by atoms with Crippen LogP contribution >= 0.6 is 11.3 Å². The lowest BCUT2D eigenvalue weighted by molar-refractivity contribution is 0.110. The Labute approximate surface area is 109 Å². The molecular formula is C14H25NOS. The topological polar surface area (TPSA) is 21.3 Å². The maximum atomic E-state index is 5.54. The van der Waals surface area contributed by atoms with E-state index in [0.29, 0.717) is 12.0 Å². The SMILES string of the molecule is Cc1ccc(CC(C)NCCOCC(C)C)s1. The molecule has 1 N–H and O–H groups in total. The maximum absolute atomic E-state index is 5.54. The van der Waals surface area contributed by atoms with Crippen LogP contribution in [0.15, 0.2) is 12.1 Å². The highest BCUT2D eigenvalue weighted by Gasteiger charge is 2.04. The van der Waals surface area contributed by atoms with E-state index >= 15 is 0 Å². The third-order valence-corrected chi connectivity index (χ3v) is 3.52. The summed E-state index contributed by atoms with van der Waals surface area (Å²) in [6.45, 7) is 11.4. The van der Waals surface area contributed by atoms with Crippen molar-refractivity contribution in [3.63, 3.8) is 0 Å². The van der Waals surface area contributed by atoms with Gasteiger partial charge in [-0.1, -0.05) is 13.8 Å². The van der Waals surface area contributed by atoms with Crippen molar-refractivity contribution < 1.29 is 4.74 Å². The van der Waals surface area contributed by atoms with Crippen LogP contribution in [0.2, 0.25) is 0 Å². The van der Waals surface area contributed by atoms with E-state index in [0.717, 1.165) is 26.2 Å². The average molecular weight is 255 g/mol. The van der Waals surface area contributed by atoms with Crippen LogP contribution in [0, 0.1) is 12.8 Å². The summed E-state index contributed by atoms with van der Waals surface area (Å²) in [5.74, 6) is 0.626. The second-order valence-corrected chi connectivity index (χ2v) is 6.41. The molecule has 1 aromatic heterocycles. The Morgan fingerprint density at radius 2 is 2.06 bits per heavy atom. The maximum Gasteiger partial charge on any atom is 0.0591 e. The highest BCUT2D eigenvalue weighted by molar-refractivity contribution is 7.11. The van der Waals surface area contributed by atoms with Gasteiger partial charge in [-0.3, -0.25) is 0 Å². The van der Waals surface area contributed by atoms with Crippen LogP contribution in [-0.4, -0.2) is 25.8 Å². The monoisotopic (exact) mass is 255 g/mol. The molecule has 0 fully saturated rings. The van der Waals surface area contributed by atoms with Crippen molar-refractivity contribution in [3.8, 4) is 0 Å². The standard InChI is InChI=1S/C14H25NOS/c1-11(2)10-16-8-7-15-12(3)9-14-6-5-13(4)17-14/h5-6,11-12,15H,7-10H2,1-4H3. The van der Waals surface area contributed by atoms with E-state index in [1.54, 1.807) is 0 Å². The quantitative estimate of drug-likeness (QED) is 0.720. The molecule has 0 aliphatic carbocycles. The number of aryl methyl sites for hydroxylation is 1. The van der Waals surface area contributed by atoms with Gasteiger partial charge in [-0.15, -0.1) is 11.3 Å². The first kappa shape index (κ1) is 14.7. The summed E-state index contributed by atoms with van der Waals surface area (Å²) in [6.07, 6.45) is 1.11. The van der Waals surface area contributed by atoms with Crippen molar-refractivity contribution >= 4 is 11.3 Å². The Kier molecular flexibility index (Phi) is 6.78. The van der Waals surface area contributed by atoms with Crippen molar-refractivity contribution in [2.24, 2.45) is 5.92 Å². The zero-order chi connectivity index (χ0) is 12.7. The van der Waals surface area contributed by atoms with E-state index in [-0.39, 0.29) is 0 Å². The molecule has 0 aliphatic rings. The summed E-state index contributed by atoms with van der Waals surface area (Å²) in [4.78, 5) is 2.86. The van der Waals surface area contributed by atoms with Crippen LogP contribution in [0.1, 0.15) is 30.5 Å². The fourth-order valence-corrected chi connectivity index (χ4v) is 2.68. The number of hydrogen-bond acceptors (Lipinski definition) is 3. The summed E-state index contributed by atoms with van der Waals surface area (Å²) in [5, 5.41) is 3.50. The number of nitrogens with one attached hydrogen (secondary N) is 1. The molecule has 0 saturated heterocycles. The van der Waals surface area contributed by atoms with Crippen molar-refractivity contribution in [1.29, 1.82) is 0 Å². The lowest BCUT2D eigenvalue weighted by Gasteiger charge is -2.13. The average Bonchev–Trinajstić information content (AvgIpc) is 2.63. The van der Waals surface area contributed by atoms with Gasteiger partial charge >= 0.3 is 0 Å². The Morgan fingerprint density at radius 3 is 2.65 bits per heavy atom. The summed E-state index contributed by atoms with van der Waals surface area (Å²) >= 11 is 1.89. The first-order valence-electron chi connectivity index (χ1n) is 6.44. The summed E-state index contributed by atoms with van der Waals surface area (Å²) in [6, 6.07) is 4.95. The molecule has 17 heavy (non-hydrogen) atoms. The summed E-state index contributed by atoms with van der Waals surface area (Å²) in [5.41, 5.74) is 0. The Morgan fingerprint density at radius 1 is 1.29 bits per heavy atom. The number of thiophene rings is 1. The van der Waals surface area contributed by atoms with E-state index in [1.165, 1.54) is 9.75 Å². The van der Waals surface area contributed by atoms with Crippen molar-refractivity contribution in [3.05, 3.63) is 21.9 Å². The molecule has 0 aromatic carbocycles. The molecule has 1 heterocycles. The van der Waals surface area contributed by atoms with E-state index in [2.05, 4.69) is 45.1 Å². The van der Waals surface area contributed by atoms with Crippen LogP contribution in [0.4, 0.5) is 0 Å². The van der Waals surface area contributed by atoms with Gasteiger partial charge in [0.1, 0.15) is 0 Å². The van der Waals surface area contributed by atoms with E-state index in [1.807, 2.05) is 11.3 Å². The predicted octanol–water partition coefficient (Wildman–Crippen LogP) is 3.25. The predicted molar refractivity (Wildman–Crippen MR) is 75.9 cm³/mol. The largest absolute Gasteiger partial charge is 0.380 e. The minimum absolute atomic E-state index is 0.524. The highest BCUT2D eigenvalue weighted by Crippen LogP contribution is 2.16. The van der Waals surface area contributed by atoms with Gasteiger partial charge in [-0.05, 0) is 38.3 Å². The lowest BCUT2D eigenvalue weighted by atomic mass is 10.2. The molecular weight excluding hydrogens is 230 g/mol. The van der Waals surface area contributed by atoms with Gasteiger partial charge < -0.3 is 10.1 Å². The van der Waals surface area contributed by atoms with Gasteiger partial charge in [-0.25, -0.2) is 0 Å². The molecule has 0 aliphatic heterocycles. The Hall–Kier alpha value is -0.380. The Bertz CT molecular complexity index is 309. The molecule has 2 nitrogen and oxygen atoms in total. The molecule has 0 amide bonds. The molecule has 0 bridgehead atoms.